The Morgan fingerprint density at radius 2 is 1.51 bits per heavy atom. The highest BCUT2D eigenvalue weighted by molar-refractivity contribution is 7.88. The zero-order chi connectivity index (χ0) is 25.2. The molecule has 2 heterocycles. The van der Waals surface area contributed by atoms with Gasteiger partial charge in [-0.2, -0.15) is 0 Å². The third-order valence-electron chi connectivity index (χ3n) is 6.86. The van der Waals surface area contributed by atoms with Crippen molar-refractivity contribution in [1.29, 1.82) is 0 Å². The van der Waals surface area contributed by atoms with Crippen LogP contribution in [-0.4, -0.2) is 76.1 Å². The smallest absolute Gasteiger partial charge is 0.251 e. The fourth-order valence-corrected chi connectivity index (χ4v) is 5.73. The van der Waals surface area contributed by atoms with Crippen LogP contribution >= 0.6 is 0 Å². The molecule has 2 fully saturated rings. The zero-order valence-corrected chi connectivity index (χ0v) is 21.1. The van der Waals surface area contributed by atoms with Gasteiger partial charge in [-0.05, 0) is 49.6 Å². The Balaban J connectivity index is 1.42. The van der Waals surface area contributed by atoms with Gasteiger partial charge in [-0.15, -0.1) is 0 Å². The van der Waals surface area contributed by atoms with Gasteiger partial charge in [0, 0.05) is 62.2 Å². The van der Waals surface area contributed by atoms with E-state index in [2.05, 4.69) is 34.2 Å². The maximum Gasteiger partial charge on any atom is 0.251 e. The van der Waals surface area contributed by atoms with E-state index in [0.29, 0.717) is 37.1 Å². The van der Waals surface area contributed by atoms with Crippen LogP contribution in [0.1, 0.15) is 39.1 Å². The van der Waals surface area contributed by atoms with Crippen LogP contribution in [0, 0.1) is 6.92 Å². The van der Waals surface area contributed by atoms with Crippen LogP contribution in [0.3, 0.4) is 0 Å². The number of hydrogen-bond acceptors (Lipinski definition) is 6. The molecule has 0 unspecified atom stereocenters. The molecule has 35 heavy (non-hydrogen) atoms. The zero-order valence-electron chi connectivity index (χ0n) is 20.2. The minimum atomic E-state index is -3.22. The second-order valence-electron chi connectivity index (χ2n) is 9.27. The number of sulfonamides is 1. The van der Waals surface area contributed by atoms with Crippen LogP contribution in [0.5, 0.6) is 0 Å². The van der Waals surface area contributed by atoms with Gasteiger partial charge in [0.2, 0.25) is 10.0 Å². The molecule has 188 valence electrons. The second kappa shape index (κ2) is 10.2. The van der Waals surface area contributed by atoms with Crippen molar-refractivity contribution in [2.24, 2.45) is 5.73 Å². The number of carbonyl (C=O) groups is 2. The fraction of sp³-hybridized carbons (Fsp3) is 0.440. The summed E-state index contributed by atoms with van der Waals surface area (Å²) < 4.78 is 24.8. The molecule has 2 aromatic carbocycles. The lowest BCUT2D eigenvalue weighted by Crippen LogP contribution is -2.47. The van der Waals surface area contributed by atoms with Crippen LogP contribution in [-0.2, 0) is 10.0 Å². The first-order valence-corrected chi connectivity index (χ1v) is 13.7. The minimum absolute atomic E-state index is 0.119. The molecule has 9 nitrogen and oxygen atoms in total. The summed E-state index contributed by atoms with van der Waals surface area (Å²) in [4.78, 5) is 29.6. The molecule has 2 aromatic rings. The number of aryl methyl sites for hydroxylation is 1. The van der Waals surface area contributed by atoms with Crippen molar-refractivity contribution < 1.29 is 18.0 Å². The van der Waals surface area contributed by atoms with E-state index in [1.54, 1.807) is 18.2 Å². The summed E-state index contributed by atoms with van der Waals surface area (Å²) in [7, 11) is -3.22. The molecule has 0 aliphatic carbocycles. The number of benzene rings is 2. The van der Waals surface area contributed by atoms with Gasteiger partial charge in [0.1, 0.15) is 0 Å². The van der Waals surface area contributed by atoms with Gasteiger partial charge in [0.05, 0.1) is 11.8 Å². The molecule has 0 bridgehead atoms. The summed E-state index contributed by atoms with van der Waals surface area (Å²) in [6, 6.07) is 13.3. The Bertz CT molecular complexity index is 1200. The van der Waals surface area contributed by atoms with Gasteiger partial charge in [0.15, 0.2) is 0 Å². The van der Waals surface area contributed by atoms with Crippen molar-refractivity contribution in [3.63, 3.8) is 0 Å². The molecule has 2 amide bonds. The van der Waals surface area contributed by atoms with E-state index in [1.165, 1.54) is 21.8 Å². The third kappa shape index (κ3) is 5.76. The van der Waals surface area contributed by atoms with E-state index in [4.69, 9.17) is 5.73 Å². The SMILES string of the molecule is Cc1ccccc1N1CCN(c2ccc(C(=O)NC3CCN(S(C)(=O)=O)CC3)cc2C(N)=O)CC1. The number of carbonyl (C=O) groups excluding carboxylic acids is 2. The molecule has 0 radical (unpaired) electrons. The number of nitrogens with two attached hydrogens (primary N) is 1. The summed E-state index contributed by atoms with van der Waals surface area (Å²) in [5.41, 5.74) is 9.58. The number of nitrogens with one attached hydrogen (secondary N) is 1. The lowest BCUT2D eigenvalue weighted by Gasteiger charge is -2.38. The number of piperidine rings is 1. The maximum absolute atomic E-state index is 12.9. The number of rotatable bonds is 6. The summed E-state index contributed by atoms with van der Waals surface area (Å²) in [5, 5.41) is 2.97. The molecule has 3 N–H and O–H groups in total. The number of nitrogens with zero attached hydrogens (tertiary/aromatic N) is 3. The molecule has 2 aliphatic rings. The topological polar surface area (TPSA) is 116 Å². The monoisotopic (exact) mass is 499 g/mol. The van der Waals surface area contributed by atoms with Crippen LogP contribution < -0.4 is 20.9 Å². The summed E-state index contributed by atoms with van der Waals surface area (Å²) in [6.45, 7) is 5.96. The average Bonchev–Trinajstić information content (AvgIpc) is 2.84. The normalized spacial score (nSPS) is 17.9. The lowest BCUT2D eigenvalue weighted by atomic mass is 10.0. The maximum atomic E-state index is 12.9. The van der Waals surface area contributed by atoms with Gasteiger partial charge >= 0.3 is 0 Å². The Morgan fingerprint density at radius 3 is 2.09 bits per heavy atom. The van der Waals surface area contributed by atoms with E-state index < -0.39 is 15.9 Å². The molecule has 2 saturated heterocycles. The van der Waals surface area contributed by atoms with Crippen molar-refractivity contribution in [2.75, 3.05) is 55.3 Å². The van der Waals surface area contributed by atoms with Crippen molar-refractivity contribution >= 4 is 33.2 Å². The van der Waals surface area contributed by atoms with Gasteiger partial charge in [-0.25, -0.2) is 12.7 Å². The van der Waals surface area contributed by atoms with Crippen molar-refractivity contribution in [3.05, 3.63) is 59.2 Å². The molecule has 0 spiro atoms. The molecule has 0 aromatic heterocycles. The average molecular weight is 500 g/mol. The Hall–Kier alpha value is -3.11. The first-order valence-electron chi connectivity index (χ1n) is 11.9. The Kier molecular flexibility index (Phi) is 7.32. The Morgan fingerprint density at radius 1 is 0.914 bits per heavy atom. The first-order chi connectivity index (χ1) is 16.6. The lowest BCUT2D eigenvalue weighted by molar-refractivity contribution is 0.0924. The van der Waals surface area contributed by atoms with Crippen LogP contribution in [0.4, 0.5) is 11.4 Å². The van der Waals surface area contributed by atoms with E-state index in [1.807, 2.05) is 12.1 Å². The number of para-hydroxylation sites is 1. The highest BCUT2D eigenvalue weighted by Gasteiger charge is 2.27. The van der Waals surface area contributed by atoms with E-state index in [-0.39, 0.29) is 11.9 Å². The minimum Gasteiger partial charge on any atom is -0.368 e. The molecule has 0 atom stereocenters. The molecule has 2 aliphatic heterocycles. The first kappa shape index (κ1) is 25.0. The van der Waals surface area contributed by atoms with Crippen molar-refractivity contribution in [1.82, 2.24) is 9.62 Å². The predicted molar refractivity (Wildman–Crippen MR) is 137 cm³/mol. The largest absolute Gasteiger partial charge is 0.368 e. The van der Waals surface area contributed by atoms with E-state index in [9.17, 15) is 18.0 Å². The second-order valence-corrected chi connectivity index (χ2v) is 11.2. The van der Waals surface area contributed by atoms with E-state index >= 15 is 0 Å². The van der Waals surface area contributed by atoms with E-state index in [0.717, 1.165) is 31.9 Å². The summed E-state index contributed by atoms with van der Waals surface area (Å²) in [6.07, 6.45) is 2.29. The number of amides is 2. The van der Waals surface area contributed by atoms with Crippen LogP contribution in [0.25, 0.3) is 0 Å². The van der Waals surface area contributed by atoms with Gasteiger partial charge in [-0.1, -0.05) is 18.2 Å². The standard InChI is InChI=1S/C25H33N5O4S/c1-18-5-3-4-6-22(18)28-13-15-29(16-14-28)23-8-7-19(17-21(23)24(26)31)25(32)27-20-9-11-30(12-10-20)35(2,33)34/h3-8,17,20H,9-16H2,1-2H3,(H2,26,31)(H,27,32). The molecular formula is C25H33N5O4S. The number of piperazine rings is 1. The molecule has 4 rings (SSSR count). The van der Waals surface area contributed by atoms with Crippen LogP contribution in [0.2, 0.25) is 0 Å². The van der Waals surface area contributed by atoms with Gasteiger partial charge in [-0.3, -0.25) is 9.59 Å². The number of hydrogen-bond donors (Lipinski definition) is 2. The summed E-state index contributed by atoms with van der Waals surface area (Å²) >= 11 is 0. The highest BCUT2D eigenvalue weighted by atomic mass is 32.2. The third-order valence-corrected chi connectivity index (χ3v) is 8.16. The van der Waals surface area contributed by atoms with Gasteiger partial charge in [0.25, 0.3) is 11.8 Å². The van der Waals surface area contributed by atoms with Crippen molar-refractivity contribution in [3.8, 4) is 0 Å². The van der Waals surface area contributed by atoms with Crippen molar-refractivity contribution in [2.45, 2.75) is 25.8 Å². The summed E-state index contributed by atoms with van der Waals surface area (Å²) in [5.74, 6) is -0.862. The Labute approximate surface area is 206 Å². The highest BCUT2D eigenvalue weighted by Crippen LogP contribution is 2.26. The van der Waals surface area contributed by atoms with Gasteiger partial charge < -0.3 is 20.9 Å². The number of anilines is 2. The predicted octanol–water partition coefficient (Wildman–Crippen LogP) is 1.57. The number of primary amides is 1. The molecule has 10 heteroatoms. The fourth-order valence-electron chi connectivity index (χ4n) is 4.86. The quantitative estimate of drug-likeness (QED) is 0.623. The molecule has 0 saturated carbocycles. The molecular weight excluding hydrogens is 466 g/mol. The van der Waals surface area contributed by atoms with Crippen LogP contribution in [0.15, 0.2) is 42.5 Å².